The zero-order chi connectivity index (χ0) is 26.8. The zero-order valence-corrected chi connectivity index (χ0v) is 22.1. The number of anilines is 1. The Balaban J connectivity index is 1.37. The average molecular weight is 507 g/mol. The molecular weight excluding hydrogens is 472 g/mol. The molecule has 0 bridgehead atoms. The van der Waals surface area contributed by atoms with Crippen LogP contribution >= 0.6 is 0 Å². The van der Waals surface area contributed by atoms with E-state index in [-0.39, 0.29) is 12.0 Å². The van der Waals surface area contributed by atoms with Gasteiger partial charge in [-0.05, 0) is 69.7 Å². The molecule has 0 saturated heterocycles. The molecule has 1 aliphatic heterocycles. The molecule has 4 rings (SSSR count). The van der Waals surface area contributed by atoms with Gasteiger partial charge in [0, 0.05) is 43.7 Å². The molecule has 2 aromatic rings. The minimum Gasteiger partial charge on any atom is -0.465 e. The summed E-state index contributed by atoms with van der Waals surface area (Å²) in [6.07, 6.45) is 10.6. The Morgan fingerprint density at radius 3 is 2.68 bits per heavy atom. The van der Waals surface area contributed by atoms with Gasteiger partial charge in [-0.1, -0.05) is 12.2 Å². The Labute approximate surface area is 217 Å². The minimum atomic E-state index is -0.775. The van der Waals surface area contributed by atoms with Gasteiger partial charge in [0.25, 0.3) is 0 Å². The van der Waals surface area contributed by atoms with E-state index in [0.29, 0.717) is 30.8 Å². The van der Waals surface area contributed by atoms with Crippen LogP contribution < -0.4 is 5.32 Å². The fourth-order valence-electron chi connectivity index (χ4n) is 4.75. The number of hydrogen-bond acceptors (Lipinski definition) is 7. The van der Waals surface area contributed by atoms with Gasteiger partial charge in [-0.2, -0.15) is 0 Å². The van der Waals surface area contributed by atoms with Crippen LogP contribution in [0.4, 0.5) is 10.6 Å². The lowest BCUT2D eigenvalue weighted by molar-refractivity contribution is -0.120. The van der Waals surface area contributed by atoms with Crippen molar-refractivity contribution in [1.29, 1.82) is 0 Å². The van der Waals surface area contributed by atoms with E-state index in [1.807, 2.05) is 32.9 Å². The first-order valence-corrected chi connectivity index (χ1v) is 12.5. The normalized spacial score (nSPS) is 18.0. The van der Waals surface area contributed by atoms with Gasteiger partial charge in [0.1, 0.15) is 11.4 Å². The molecule has 0 unspecified atom stereocenters. The number of allylic oxidation sites excluding steroid dienone is 1. The van der Waals surface area contributed by atoms with Crippen LogP contribution in [0.1, 0.15) is 72.8 Å². The molecule has 0 radical (unpaired) electrons. The third-order valence-corrected chi connectivity index (χ3v) is 6.66. The first-order valence-electron chi connectivity index (χ1n) is 12.5. The monoisotopic (exact) mass is 506 g/mol. The van der Waals surface area contributed by atoms with Crippen molar-refractivity contribution in [3.8, 4) is 0 Å². The van der Waals surface area contributed by atoms with Crippen LogP contribution in [0.15, 0.2) is 30.6 Å². The number of amides is 2. The summed E-state index contributed by atoms with van der Waals surface area (Å²) in [6, 6.07) is 3.78. The number of hydrogen-bond donors (Lipinski definition) is 1. The van der Waals surface area contributed by atoms with Crippen LogP contribution in [0.2, 0.25) is 0 Å². The molecule has 0 saturated carbocycles. The zero-order valence-electron chi connectivity index (χ0n) is 22.1. The second-order valence-corrected chi connectivity index (χ2v) is 10.7. The lowest BCUT2D eigenvalue weighted by atomic mass is 9.79. The molecule has 9 nitrogen and oxygen atoms in total. The van der Waals surface area contributed by atoms with Crippen LogP contribution in [0, 0.1) is 0 Å². The maximum atomic E-state index is 13.1. The number of aromatic nitrogens is 2. The molecule has 3 heterocycles. The second kappa shape index (κ2) is 10.3. The smallest absolute Gasteiger partial charge is 0.410 e. The highest BCUT2D eigenvalue weighted by atomic mass is 16.6. The molecule has 1 N–H and O–H groups in total. The SMILES string of the molecule is COC(=O)c1cnc2c(c1)C[C@@]1(C2)C(=O)Nc2ncc(/C=C/CCCCN(C)C(=O)OC(C)(C)C)cc21. The van der Waals surface area contributed by atoms with E-state index in [0.717, 1.165) is 41.6 Å². The summed E-state index contributed by atoms with van der Waals surface area (Å²) in [4.78, 5) is 47.6. The molecular formula is C28H34N4O5. The number of fused-ring (bicyclic) bond motifs is 3. The number of nitrogens with one attached hydrogen (secondary N) is 1. The van der Waals surface area contributed by atoms with Crippen molar-refractivity contribution in [1.82, 2.24) is 14.9 Å². The van der Waals surface area contributed by atoms with E-state index >= 15 is 0 Å². The second-order valence-electron chi connectivity index (χ2n) is 10.7. The Morgan fingerprint density at radius 1 is 1.16 bits per heavy atom. The molecule has 1 atom stereocenters. The summed E-state index contributed by atoms with van der Waals surface area (Å²) in [5.74, 6) is 0.0364. The van der Waals surface area contributed by atoms with E-state index in [1.54, 1.807) is 24.2 Å². The van der Waals surface area contributed by atoms with Gasteiger partial charge in [0.15, 0.2) is 0 Å². The fraction of sp³-hybridized carbons (Fsp3) is 0.464. The van der Waals surface area contributed by atoms with Crippen LogP contribution in [-0.4, -0.2) is 59.1 Å². The summed E-state index contributed by atoms with van der Waals surface area (Å²) in [5, 5.41) is 2.92. The number of ether oxygens (including phenoxy) is 2. The van der Waals surface area contributed by atoms with Gasteiger partial charge in [-0.15, -0.1) is 0 Å². The Bertz CT molecular complexity index is 1250. The summed E-state index contributed by atoms with van der Waals surface area (Å²) in [5.41, 5.74) is 2.57. The first-order chi connectivity index (χ1) is 17.5. The Morgan fingerprint density at radius 2 is 1.95 bits per heavy atom. The average Bonchev–Trinajstić information content (AvgIpc) is 3.36. The molecule has 37 heavy (non-hydrogen) atoms. The van der Waals surface area contributed by atoms with Gasteiger partial charge in [0.2, 0.25) is 5.91 Å². The molecule has 2 amide bonds. The van der Waals surface area contributed by atoms with Crippen molar-refractivity contribution in [3.05, 3.63) is 58.6 Å². The topological polar surface area (TPSA) is 111 Å². The number of rotatable bonds is 7. The maximum Gasteiger partial charge on any atom is 0.410 e. The lowest BCUT2D eigenvalue weighted by Crippen LogP contribution is -2.35. The number of nitrogens with zero attached hydrogens (tertiary/aromatic N) is 3. The first kappa shape index (κ1) is 26.3. The molecule has 1 spiro atoms. The molecule has 2 aliphatic rings. The highest BCUT2D eigenvalue weighted by molar-refractivity contribution is 6.06. The van der Waals surface area contributed by atoms with Crippen molar-refractivity contribution in [2.24, 2.45) is 0 Å². The standard InChI is InChI=1S/C28H34N4O5/c1-27(2,3)37-26(35)32(4)11-9-7-6-8-10-18-12-21-23(30-16-18)31-25(34)28(21)14-19-13-20(24(33)36-5)17-29-22(19)15-28/h8,10,12-13,16-17H,6-7,9,11,14-15H2,1-5H3,(H,30,31,34)/b10-8+/t28-/m0/s1. The van der Waals surface area contributed by atoms with Crippen LogP contribution in [-0.2, 0) is 32.5 Å². The number of carbonyl (C=O) groups excluding carboxylic acids is 3. The van der Waals surface area contributed by atoms with Crippen molar-refractivity contribution < 1.29 is 23.9 Å². The lowest BCUT2D eigenvalue weighted by Gasteiger charge is -2.24. The van der Waals surface area contributed by atoms with Crippen molar-refractivity contribution >= 4 is 29.9 Å². The van der Waals surface area contributed by atoms with E-state index in [1.165, 1.54) is 13.3 Å². The van der Waals surface area contributed by atoms with Crippen molar-refractivity contribution in [3.63, 3.8) is 0 Å². The number of unbranched alkanes of at least 4 members (excludes halogenated alkanes) is 2. The molecule has 2 aromatic heterocycles. The predicted octanol–water partition coefficient (Wildman–Crippen LogP) is 4.30. The number of carbonyl (C=O) groups is 3. The number of esters is 1. The molecule has 196 valence electrons. The largest absolute Gasteiger partial charge is 0.465 e. The van der Waals surface area contributed by atoms with E-state index in [2.05, 4.69) is 21.4 Å². The van der Waals surface area contributed by atoms with Gasteiger partial charge in [-0.3, -0.25) is 9.78 Å². The third-order valence-electron chi connectivity index (χ3n) is 6.66. The van der Waals surface area contributed by atoms with E-state index in [4.69, 9.17) is 9.47 Å². The number of pyridine rings is 2. The highest BCUT2D eigenvalue weighted by Crippen LogP contribution is 2.46. The van der Waals surface area contributed by atoms with Gasteiger partial charge in [0.05, 0.1) is 18.1 Å². The van der Waals surface area contributed by atoms with E-state index < -0.39 is 17.0 Å². The Kier molecular flexibility index (Phi) is 7.34. The quantitative estimate of drug-likeness (QED) is 0.440. The summed E-state index contributed by atoms with van der Waals surface area (Å²) in [7, 11) is 3.08. The van der Waals surface area contributed by atoms with Gasteiger partial charge < -0.3 is 19.7 Å². The third kappa shape index (κ3) is 5.65. The fourth-order valence-corrected chi connectivity index (χ4v) is 4.75. The molecule has 0 fully saturated rings. The summed E-state index contributed by atoms with van der Waals surface area (Å²) < 4.78 is 10.2. The van der Waals surface area contributed by atoms with Gasteiger partial charge in [-0.25, -0.2) is 14.6 Å². The molecule has 1 aliphatic carbocycles. The van der Waals surface area contributed by atoms with Crippen LogP contribution in [0.25, 0.3) is 6.08 Å². The van der Waals surface area contributed by atoms with Crippen LogP contribution in [0.5, 0.6) is 0 Å². The maximum absolute atomic E-state index is 13.1. The van der Waals surface area contributed by atoms with Crippen LogP contribution in [0.3, 0.4) is 0 Å². The summed E-state index contributed by atoms with van der Waals surface area (Å²) >= 11 is 0. The van der Waals surface area contributed by atoms with Crippen molar-refractivity contribution in [2.45, 2.75) is 63.9 Å². The molecule has 9 heteroatoms. The highest BCUT2D eigenvalue weighted by Gasteiger charge is 2.52. The van der Waals surface area contributed by atoms with Crippen molar-refractivity contribution in [2.75, 3.05) is 26.0 Å². The van der Waals surface area contributed by atoms with Gasteiger partial charge >= 0.3 is 12.1 Å². The summed E-state index contributed by atoms with van der Waals surface area (Å²) in [6.45, 7) is 6.20. The van der Waals surface area contributed by atoms with E-state index in [9.17, 15) is 14.4 Å². The minimum absolute atomic E-state index is 0.0946. The Hall–Kier alpha value is -3.75. The molecule has 0 aromatic carbocycles. The number of methoxy groups -OCH3 is 1. The predicted molar refractivity (Wildman–Crippen MR) is 139 cm³/mol.